The minimum absolute atomic E-state index is 0.0179. The first-order valence-electron chi connectivity index (χ1n) is 4.51. The molecule has 17 heavy (non-hydrogen) atoms. The average Bonchev–Trinajstić information content (AvgIpc) is 2.77. The maximum atomic E-state index is 12.3. The summed E-state index contributed by atoms with van der Waals surface area (Å²) in [5, 5.41) is 12.1. The molecule has 2 rings (SSSR count). The number of aromatic nitrogens is 3. The molecule has 2 heterocycles. The van der Waals surface area contributed by atoms with Crippen molar-refractivity contribution in [3.05, 3.63) is 42.0 Å². The Morgan fingerprint density at radius 1 is 1.29 bits per heavy atom. The van der Waals surface area contributed by atoms with Crippen molar-refractivity contribution in [2.24, 2.45) is 0 Å². The van der Waals surface area contributed by atoms with E-state index >= 15 is 0 Å². The molecule has 0 amide bonds. The molecule has 0 radical (unpaired) electrons. The van der Waals surface area contributed by atoms with Gasteiger partial charge in [-0.2, -0.15) is 23.5 Å². The zero-order valence-electron chi connectivity index (χ0n) is 8.31. The first-order chi connectivity index (χ1) is 8.02. The summed E-state index contributed by atoms with van der Waals surface area (Å²) < 4.78 is 38.0. The van der Waals surface area contributed by atoms with Crippen molar-refractivity contribution in [3.63, 3.8) is 0 Å². The molecule has 0 fully saturated rings. The van der Waals surface area contributed by atoms with Gasteiger partial charge in [0.1, 0.15) is 11.8 Å². The topological polar surface area (TPSA) is 54.5 Å². The molecule has 0 N–H and O–H groups in total. The Morgan fingerprint density at radius 2 is 2.06 bits per heavy atom. The van der Waals surface area contributed by atoms with Gasteiger partial charge in [-0.25, -0.2) is 9.67 Å². The van der Waals surface area contributed by atoms with Crippen LogP contribution in [0.25, 0.3) is 5.69 Å². The van der Waals surface area contributed by atoms with Crippen LogP contribution in [-0.2, 0) is 6.18 Å². The molecule has 0 saturated carbocycles. The van der Waals surface area contributed by atoms with Gasteiger partial charge in [0.2, 0.25) is 0 Å². The molecule has 0 aliphatic carbocycles. The number of pyridine rings is 1. The lowest BCUT2D eigenvalue weighted by atomic mass is 10.3. The second-order valence-electron chi connectivity index (χ2n) is 3.13. The Kier molecular flexibility index (Phi) is 2.55. The van der Waals surface area contributed by atoms with Gasteiger partial charge in [-0.1, -0.05) is 0 Å². The summed E-state index contributed by atoms with van der Waals surface area (Å²) in [4.78, 5) is 3.74. The second kappa shape index (κ2) is 3.90. The highest BCUT2D eigenvalue weighted by molar-refractivity contribution is 5.43. The van der Waals surface area contributed by atoms with Crippen LogP contribution in [0.3, 0.4) is 0 Å². The number of hydrogen-bond acceptors (Lipinski definition) is 3. The van der Waals surface area contributed by atoms with Crippen LogP contribution >= 0.6 is 0 Å². The summed E-state index contributed by atoms with van der Waals surface area (Å²) >= 11 is 0. The fourth-order valence-electron chi connectivity index (χ4n) is 1.28. The highest BCUT2D eigenvalue weighted by Crippen LogP contribution is 2.27. The first kappa shape index (κ1) is 11.1. The van der Waals surface area contributed by atoms with Gasteiger partial charge in [-0.3, -0.25) is 0 Å². The van der Waals surface area contributed by atoms with Gasteiger partial charge in [-0.15, -0.1) is 0 Å². The third kappa shape index (κ3) is 2.10. The number of rotatable bonds is 1. The highest BCUT2D eigenvalue weighted by atomic mass is 19.4. The van der Waals surface area contributed by atoms with Gasteiger partial charge in [0.05, 0.1) is 0 Å². The summed E-state index contributed by atoms with van der Waals surface area (Å²) in [6.45, 7) is 0. The monoisotopic (exact) mass is 238 g/mol. The molecule has 0 saturated heterocycles. The maximum Gasteiger partial charge on any atom is 0.435 e. The van der Waals surface area contributed by atoms with E-state index in [1.165, 1.54) is 18.3 Å². The molecular formula is C10H5F3N4. The molecule has 0 unspecified atom stereocenters. The van der Waals surface area contributed by atoms with E-state index < -0.39 is 11.9 Å². The predicted octanol–water partition coefficient (Wildman–Crippen LogP) is 2.16. The largest absolute Gasteiger partial charge is 0.435 e. The summed E-state index contributed by atoms with van der Waals surface area (Å²) in [6.07, 6.45) is -1.98. The fourth-order valence-corrected chi connectivity index (χ4v) is 1.28. The van der Waals surface area contributed by atoms with Crippen molar-refractivity contribution in [1.29, 1.82) is 5.26 Å². The molecule has 4 nitrogen and oxygen atoms in total. The van der Waals surface area contributed by atoms with Crippen molar-refractivity contribution in [1.82, 2.24) is 14.8 Å². The quantitative estimate of drug-likeness (QED) is 0.764. The SMILES string of the molecule is N#Cc1ncccc1-n1ccc(C(F)(F)F)n1. The molecule has 0 aliphatic heterocycles. The molecule has 0 aliphatic rings. The zero-order valence-corrected chi connectivity index (χ0v) is 8.31. The van der Waals surface area contributed by atoms with Crippen molar-refractivity contribution in [2.45, 2.75) is 6.18 Å². The predicted molar refractivity (Wildman–Crippen MR) is 51.1 cm³/mol. The average molecular weight is 238 g/mol. The molecule has 2 aromatic heterocycles. The van der Waals surface area contributed by atoms with Crippen LogP contribution < -0.4 is 0 Å². The lowest BCUT2D eigenvalue weighted by molar-refractivity contribution is -0.141. The van der Waals surface area contributed by atoms with Crippen molar-refractivity contribution >= 4 is 0 Å². The van der Waals surface area contributed by atoms with Gasteiger partial charge in [0.15, 0.2) is 11.4 Å². The van der Waals surface area contributed by atoms with E-state index in [4.69, 9.17) is 5.26 Å². The first-order valence-corrected chi connectivity index (χ1v) is 4.51. The van der Waals surface area contributed by atoms with Gasteiger partial charge >= 0.3 is 6.18 Å². The molecule has 2 aromatic rings. The van der Waals surface area contributed by atoms with Crippen LogP contribution in [0.5, 0.6) is 0 Å². The van der Waals surface area contributed by atoms with E-state index in [1.807, 2.05) is 0 Å². The fraction of sp³-hybridized carbons (Fsp3) is 0.100. The molecule has 0 bridgehead atoms. The highest BCUT2D eigenvalue weighted by Gasteiger charge is 2.33. The van der Waals surface area contributed by atoms with E-state index in [0.717, 1.165) is 16.9 Å². The van der Waals surface area contributed by atoms with Crippen LogP contribution in [0.15, 0.2) is 30.6 Å². The van der Waals surface area contributed by atoms with E-state index in [1.54, 1.807) is 6.07 Å². The van der Waals surface area contributed by atoms with Crippen molar-refractivity contribution < 1.29 is 13.2 Å². The molecule has 86 valence electrons. The Morgan fingerprint density at radius 3 is 2.65 bits per heavy atom. The Bertz CT molecular complexity index is 580. The van der Waals surface area contributed by atoms with Gasteiger partial charge in [0, 0.05) is 12.4 Å². The van der Waals surface area contributed by atoms with Crippen LogP contribution in [0.2, 0.25) is 0 Å². The van der Waals surface area contributed by atoms with E-state index in [-0.39, 0.29) is 11.4 Å². The maximum absolute atomic E-state index is 12.3. The minimum atomic E-state index is -4.50. The summed E-state index contributed by atoms with van der Waals surface area (Å²) in [6, 6.07) is 5.62. The van der Waals surface area contributed by atoms with Gasteiger partial charge in [0.25, 0.3) is 0 Å². The summed E-state index contributed by atoms with van der Waals surface area (Å²) in [5.41, 5.74) is -0.778. The van der Waals surface area contributed by atoms with Crippen LogP contribution in [0.4, 0.5) is 13.2 Å². The standard InChI is InChI=1S/C10H5F3N4/c11-10(12,13)9-3-5-17(16-9)8-2-1-4-15-7(8)6-14/h1-5H. The Labute approximate surface area is 93.9 Å². The van der Waals surface area contributed by atoms with Crippen LogP contribution in [0, 0.1) is 11.3 Å². The van der Waals surface area contributed by atoms with E-state index in [9.17, 15) is 13.2 Å². The van der Waals surface area contributed by atoms with Crippen molar-refractivity contribution in [3.8, 4) is 11.8 Å². The number of alkyl halides is 3. The normalized spacial score (nSPS) is 11.2. The number of halogens is 3. The summed E-state index contributed by atoms with van der Waals surface area (Å²) in [7, 11) is 0. The number of hydrogen-bond donors (Lipinski definition) is 0. The lowest BCUT2D eigenvalue weighted by Gasteiger charge is -2.03. The number of nitriles is 1. The molecule has 0 spiro atoms. The van der Waals surface area contributed by atoms with E-state index in [0.29, 0.717) is 0 Å². The van der Waals surface area contributed by atoms with E-state index in [2.05, 4.69) is 10.1 Å². The minimum Gasteiger partial charge on any atom is -0.243 e. The van der Waals surface area contributed by atoms with Gasteiger partial charge < -0.3 is 0 Å². The molecule has 7 heteroatoms. The van der Waals surface area contributed by atoms with Crippen LogP contribution in [-0.4, -0.2) is 14.8 Å². The smallest absolute Gasteiger partial charge is 0.243 e. The third-order valence-corrected chi connectivity index (χ3v) is 2.02. The van der Waals surface area contributed by atoms with Gasteiger partial charge in [-0.05, 0) is 18.2 Å². The molecule has 0 atom stereocenters. The third-order valence-electron chi connectivity index (χ3n) is 2.02. The van der Waals surface area contributed by atoms with Crippen molar-refractivity contribution in [2.75, 3.05) is 0 Å². The molecule has 0 aromatic carbocycles. The Hall–Kier alpha value is -2.36. The summed E-state index contributed by atoms with van der Waals surface area (Å²) in [5.74, 6) is 0. The lowest BCUT2D eigenvalue weighted by Crippen LogP contribution is -2.08. The van der Waals surface area contributed by atoms with Crippen LogP contribution in [0.1, 0.15) is 11.4 Å². The zero-order chi connectivity index (χ0) is 12.5. The second-order valence-corrected chi connectivity index (χ2v) is 3.13. The number of nitrogens with zero attached hydrogens (tertiary/aromatic N) is 4. The molecular weight excluding hydrogens is 233 g/mol. The Balaban J connectivity index is 2.49.